The zero-order valence-electron chi connectivity index (χ0n) is 10.3. The molecule has 1 heterocycles. The molecule has 2 rings (SSSR count). The molecule has 0 atom stereocenters. The Hall–Kier alpha value is -1.81. The first-order chi connectivity index (χ1) is 8.69. The Morgan fingerprint density at radius 3 is 2.39 bits per heavy atom. The molecule has 1 aromatic carbocycles. The summed E-state index contributed by atoms with van der Waals surface area (Å²) < 4.78 is 5.12. The Morgan fingerprint density at radius 2 is 1.83 bits per heavy atom. The number of methoxy groups -OCH3 is 1. The lowest BCUT2D eigenvalue weighted by atomic mass is 10.2. The molecule has 94 valence electrons. The standard InChI is InChI=1S/C13H14ClN3O/c1-17(9-10-3-8-13(14)16-15-10)11-4-6-12(18-2)7-5-11/h3-8H,9H2,1-2H3. The number of hydrogen-bond donors (Lipinski definition) is 0. The summed E-state index contributed by atoms with van der Waals surface area (Å²) >= 11 is 5.70. The van der Waals surface area contributed by atoms with E-state index in [2.05, 4.69) is 15.1 Å². The van der Waals surface area contributed by atoms with Crippen molar-refractivity contribution in [2.45, 2.75) is 6.54 Å². The highest BCUT2D eigenvalue weighted by atomic mass is 35.5. The fraction of sp³-hybridized carbons (Fsp3) is 0.231. The van der Waals surface area contributed by atoms with E-state index in [4.69, 9.17) is 16.3 Å². The molecule has 0 saturated carbocycles. The summed E-state index contributed by atoms with van der Waals surface area (Å²) in [6, 6.07) is 11.5. The van der Waals surface area contributed by atoms with Crippen molar-refractivity contribution in [3.63, 3.8) is 0 Å². The third-order valence-electron chi connectivity index (χ3n) is 2.60. The Morgan fingerprint density at radius 1 is 1.11 bits per heavy atom. The van der Waals surface area contributed by atoms with Crippen molar-refractivity contribution in [1.82, 2.24) is 10.2 Å². The molecular weight excluding hydrogens is 250 g/mol. The molecule has 4 nitrogen and oxygen atoms in total. The minimum atomic E-state index is 0.408. The number of halogens is 1. The summed E-state index contributed by atoms with van der Waals surface area (Å²) in [5.74, 6) is 0.846. The number of benzene rings is 1. The maximum atomic E-state index is 5.70. The van der Waals surface area contributed by atoms with Gasteiger partial charge in [0.15, 0.2) is 5.15 Å². The average Bonchev–Trinajstić information content (AvgIpc) is 2.41. The molecule has 0 aliphatic heterocycles. The van der Waals surface area contributed by atoms with Gasteiger partial charge in [0.05, 0.1) is 19.3 Å². The van der Waals surface area contributed by atoms with E-state index in [-0.39, 0.29) is 0 Å². The summed E-state index contributed by atoms with van der Waals surface area (Å²) in [5.41, 5.74) is 1.96. The molecule has 1 aromatic heterocycles. The molecule has 0 fully saturated rings. The van der Waals surface area contributed by atoms with Crippen LogP contribution in [0.5, 0.6) is 5.75 Å². The van der Waals surface area contributed by atoms with Crippen molar-refractivity contribution in [2.75, 3.05) is 19.1 Å². The van der Waals surface area contributed by atoms with E-state index in [1.165, 1.54) is 0 Å². The number of ether oxygens (including phenoxy) is 1. The van der Waals surface area contributed by atoms with Crippen molar-refractivity contribution in [1.29, 1.82) is 0 Å². The summed E-state index contributed by atoms with van der Waals surface area (Å²) in [7, 11) is 3.65. The summed E-state index contributed by atoms with van der Waals surface area (Å²) in [5, 5.41) is 8.26. The van der Waals surface area contributed by atoms with Gasteiger partial charge in [-0.2, -0.15) is 5.10 Å². The van der Waals surface area contributed by atoms with Gasteiger partial charge in [-0.3, -0.25) is 0 Å². The fourth-order valence-corrected chi connectivity index (χ4v) is 1.70. The van der Waals surface area contributed by atoms with E-state index in [1.807, 2.05) is 37.4 Å². The topological polar surface area (TPSA) is 38.2 Å². The summed E-state index contributed by atoms with van der Waals surface area (Å²) in [6.45, 7) is 0.677. The fourth-order valence-electron chi connectivity index (χ4n) is 1.60. The van der Waals surface area contributed by atoms with Gasteiger partial charge in [-0.25, -0.2) is 0 Å². The zero-order valence-corrected chi connectivity index (χ0v) is 11.1. The van der Waals surface area contributed by atoms with Crippen LogP contribution in [0.1, 0.15) is 5.69 Å². The van der Waals surface area contributed by atoms with E-state index < -0.39 is 0 Å². The molecule has 0 aliphatic carbocycles. The van der Waals surface area contributed by atoms with Crippen LogP contribution in [0, 0.1) is 0 Å². The molecule has 0 bridgehead atoms. The van der Waals surface area contributed by atoms with Gasteiger partial charge in [0.1, 0.15) is 5.75 Å². The Bertz CT molecular complexity index is 499. The van der Waals surface area contributed by atoms with Gasteiger partial charge in [-0.15, -0.1) is 5.10 Å². The molecule has 0 unspecified atom stereocenters. The van der Waals surface area contributed by atoms with Crippen molar-refractivity contribution >= 4 is 17.3 Å². The molecule has 0 amide bonds. The van der Waals surface area contributed by atoms with E-state index >= 15 is 0 Å². The first-order valence-electron chi connectivity index (χ1n) is 5.52. The van der Waals surface area contributed by atoms with Crippen molar-refractivity contribution < 1.29 is 4.74 Å². The second-order valence-corrected chi connectivity index (χ2v) is 4.29. The molecule has 5 heteroatoms. The van der Waals surface area contributed by atoms with Crippen LogP contribution in [-0.4, -0.2) is 24.4 Å². The lowest BCUT2D eigenvalue weighted by Gasteiger charge is -2.18. The van der Waals surface area contributed by atoms with Gasteiger partial charge in [0.25, 0.3) is 0 Å². The normalized spacial score (nSPS) is 10.2. The second-order valence-electron chi connectivity index (χ2n) is 3.90. The largest absolute Gasteiger partial charge is 0.497 e. The van der Waals surface area contributed by atoms with Crippen LogP contribution in [0.2, 0.25) is 5.15 Å². The van der Waals surface area contributed by atoms with Crippen LogP contribution in [-0.2, 0) is 6.54 Å². The predicted octanol–water partition coefficient (Wildman–Crippen LogP) is 2.78. The van der Waals surface area contributed by atoms with E-state index in [9.17, 15) is 0 Å². The third kappa shape index (κ3) is 3.11. The van der Waals surface area contributed by atoms with Crippen LogP contribution in [0.15, 0.2) is 36.4 Å². The van der Waals surface area contributed by atoms with Crippen molar-refractivity contribution in [3.05, 3.63) is 47.2 Å². The third-order valence-corrected chi connectivity index (χ3v) is 2.80. The number of nitrogens with zero attached hydrogens (tertiary/aromatic N) is 3. The zero-order chi connectivity index (χ0) is 13.0. The molecule has 0 N–H and O–H groups in total. The lowest BCUT2D eigenvalue weighted by molar-refractivity contribution is 0.415. The van der Waals surface area contributed by atoms with Crippen LogP contribution >= 0.6 is 11.6 Å². The number of anilines is 1. The van der Waals surface area contributed by atoms with E-state index in [0.717, 1.165) is 17.1 Å². The minimum absolute atomic E-state index is 0.408. The predicted molar refractivity (Wildman–Crippen MR) is 72.1 cm³/mol. The quantitative estimate of drug-likeness (QED) is 0.850. The van der Waals surface area contributed by atoms with Crippen LogP contribution < -0.4 is 9.64 Å². The second kappa shape index (κ2) is 5.69. The number of aromatic nitrogens is 2. The molecule has 0 spiro atoms. The smallest absolute Gasteiger partial charge is 0.151 e. The van der Waals surface area contributed by atoms with E-state index in [0.29, 0.717) is 11.7 Å². The SMILES string of the molecule is COc1ccc(N(C)Cc2ccc(Cl)nn2)cc1. The average molecular weight is 264 g/mol. The van der Waals surface area contributed by atoms with Crippen LogP contribution in [0.4, 0.5) is 5.69 Å². The van der Waals surface area contributed by atoms with Crippen molar-refractivity contribution in [2.24, 2.45) is 0 Å². The molecule has 0 aliphatic rings. The highest BCUT2D eigenvalue weighted by Gasteiger charge is 2.04. The maximum Gasteiger partial charge on any atom is 0.151 e. The van der Waals surface area contributed by atoms with Crippen molar-refractivity contribution in [3.8, 4) is 5.75 Å². The van der Waals surface area contributed by atoms with Gasteiger partial charge in [0, 0.05) is 12.7 Å². The highest BCUT2D eigenvalue weighted by Crippen LogP contribution is 2.19. The van der Waals surface area contributed by atoms with Gasteiger partial charge in [-0.05, 0) is 36.4 Å². The molecular formula is C13H14ClN3O. The highest BCUT2D eigenvalue weighted by molar-refractivity contribution is 6.29. The van der Waals surface area contributed by atoms with Gasteiger partial charge >= 0.3 is 0 Å². The lowest BCUT2D eigenvalue weighted by Crippen LogP contribution is -2.17. The van der Waals surface area contributed by atoms with Gasteiger partial charge in [0.2, 0.25) is 0 Å². The summed E-state index contributed by atoms with van der Waals surface area (Å²) in [6.07, 6.45) is 0. The molecule has 0 saturated heterocycles. The maximum absolute atomic E-state index is 5.70. The van der Waals surface area contributed by atoms with Gasteiger partial charge in [-0.1, -0.05) is 11.6 Å². The summed E-state index contributed by atoms with van der Waals surface area (Å²) in [4.78, 5) is 2.08. The first-order valence-corrected chi connectivity index (χ1v) is 5.90. The first kappa shape index (κ1) is 12.6. The Kier molecular flexibility index (Phi) is 3.99. The number of hydrogen-bond acceptors (Lipinski definition) is 4. The molecule has 18 heavy (non-hydrogen) atoms. The number of rotatable bonds is 4. The molecule has 2 aromatic rings. The molecule has 0 radical (unpaired) electrons. The minimum Gasteiger partial charge on any atom is -0.497 e. The Balaban J connectivity index is 2.06. The van der Waals surface area contributed by atoms with E-state index in [1.54, 1.807) is 13.2 Å². The van der Waals surface area contributed by atoms with Crippen LogP contribution in [0.25, 0.3) is 0 Å². The Labute approximate surface area is 111 Å². The van der Waals surface area contributed by atoms with Gasteiger partial charge < -0.3 is 9.64 Å². The van der Waals surface area contributed by atoms with Crippen LogP contribution in [0.3, 0.4) is 0 Å². The monoisotopic (exact) mass is 263 g/mol.